The minimum absolute atomic E-state index is 0.0502. The summed E-state index contributed by atoms with van der Waals surface area (Å²) in [6.07, 6.45) is -0.572. The van der Waals surface area contributed by atoms with E-state index in [0.717, 1.165) is 0 Å². The molecule has 1 saturated heterocycles. The maximum absolute atomic E-state index is 13.0. The summed E-state index contributed by atoms with van der Waals surface area (Å²) < 4.78 is 13.0. The van der Waals surface area contributed by atoms with Crippen molar-refractivity contribution >= 4 is 17.6 Å². The topological polar surface area (TPSA) is 87.4 Å². The fraction of sp³-hybridized carbons (Fsp3) is 0.300. The lowest BCUT2D eigenvalue weighted by Crippen LogP contribution is -2.39. The summed E-state index contributed by atoms with van der Waals surface area (Å²) in [6, 6.07) is 3.20. The third-order valence-electron chi connectivity index (χ3n) is 2.75. The molecule has 5 nitrogen and oxygen atoms in total. The molecule has 0 aliphatic carbocycles. The average molecular weight is 260 g/mol. The van der Waals surface area contributed by atoms with Gasteiger partial charge in [0.1, 0.15) is 11.9 Å². The Kier molecular flexibility index (Phi) is 3.30. The average Bonchev–Trinajstić information content (AvgIpc) is 2.64. The first-order valence-corrected chi connectivity index (χ1v) is 5.33. The first-order chi connectivity index (χ1) is 8.00. The first-order valence-electron chi connectivity index (χ1n) is 4.95. The van der Waals surface area contributed by atoms with Crippen LogP contribution in [0.3, 0.4) is 0 Å². The van der Waals surface area contributed by atoms with Gasteiger partial charge in [0.2, 0.25) is 0 Å². The van der Waals surface area contributed by atoms with Crippen LogP contribution in [0.5, 0.6) is 0 Å². The van der Waals surface area contributed by atoms with E-state index in [4.69, 9.17) is 22.4 Å². The Morgan fingerprint density at radius 3 is 2.76 bits per heavy atom. The highest BCUT2D eigenvalue weighted by Gasteiger charge is 2.39. The molecule has 0 spiro atoms. The molecule has 92 valence electrons. The van der Waals surface area contributed by atoms with Gasteiger partial charge in [0.15, 0.2) is 0 Å². The van der Waals surface area contributed by atoms with Gasteiger partial charge >= 0.3 is 5.97 Å². The summed E-state index contributed by atoms with van der Waals surface area (Å²) in [5, 5.41) is 8.97. The van der Waals surface area contributed by atoms with Gasteiger partial charge in [-0.2, -0.15) is 0 Å². The largest absolute Gasteiger partial charge is 0.480 e. The number of aliphatic carboxylic acids is 1. The van der Waals surface area contributed by atoms with Crippen molar-refractivity contribution in [3.05, 3.63) is 34.6 Å². The third-order valence-corrected chi connectivity index (χ3v) is 3.04. The fourth-order valence-electron chi connectivity index (χ4n) is 1.91. The molecule has 3 unspecified atom stereocenters. The summed E-state index contributed by atoms with van der Waals surface area (Å²) in [4.78, 5) is 11.0. The van der Waals surface area contributed by atoms with Crippen LogP contribution in [0.1, 0.15) is 11.5 Å². The number of hydrogen-bond acceptors (Lipinski definition) is 4. The van der Waals surface area contributed by atoms with Crippen LogP contribution in [0.4, 0.5) is 4.39 Å². The van der Waals surface area contributed by atoms with Crippen LogP contribution >= 0.6 is 11.6 Å². The number of carboxylic acid groups (broad SMARTS) is 1. The molecule has 0 saturated carbocycles. The highest BCUT2D eigenvalue weighted by atomic mass is 35.5. The standard InChI is InChI=1S/C10H11ClFN3O2/c11-5-3-4(1-2-6(5)12)7-8(10(16)17)14-15-9(7)13/h1-3,7-9,14-15H,13H2,(H,16,17). The highest BCUT2D eigenvalue weighted by Crippen LogP contribution is 2.28. The van der Waals surface area contributed by atoms with Crippen molar-refractivity contribution in [2.24, 2.45) is 5.73 Å². The Bertz CT molecular complexity index is 457. The number of carboxylic acids is 1. The molecule has 1 aromatic rings. The maximum Gasteiger partial charge on any atom is 0.322 e. The molecule has 1 heterocycles. The van der Waals surface area contributed by atoms with Gasteiger partial charge in [-0.1, -0.05) is 17.7 Å². The van der Waals surface area contributed by atoms with Gasteiger partial charge in [0, 0.05) is 5.92 Å². The zero-order valence-corrected chi connectivity index (χ0v) is 9.41. The van der Waals surface area contributed by atoms with Crippen LogP contribution in [0.15, 0.2) is 18.2 Å². The van der Waals surface area contributed by atoms with Crippen LogP contribution in [0.25, 0.3) is 0 Å². The zero-order valence-electron chi connectivity index (χ0n) is 8.65. The van der Waals surface area contributed by atoms with Gasteiger partial charge in [-0.3, -0.25) is 4.79 Å². The highest BCUT2D eigenvalue weighted by molar-refractivity contribution is 6.30. The summed E-state index contributed by atoms with van der Waals surface area (Å²) in [7, 11) is 0. The first kappa shape index (κ1) is 12.3. The molecule has 7 heteroatoms. The molecule has 3 atom stereocenters. The molecule has 17 heavy (non-hydrogen) atoms. The monoisotopic (exact) mass is 259 g/mol. The molecule has 0 amide bonds. The number of hydrazine groups is 1. The van der Waals surface area contributed by atoms with E-state index < -0.39 is 29.9 Å². The van der Waals surface area contributed by atoms with E-state index in [1.165, 1.54) is 18.2 Å². The van der Waals surface area contributed by atoms with E-state index in [0.29, 0.717) is 5.56 Å². The van der Waals surface area contributed by atoms with Crippen molar-refractivity contribution in [3.63, 3.8) is 0 Å². The molecule has 2 rings (SSSR count). The summed E-state index contributed by atoms with van der Waals surface area (Å²) in [5.41, 5.74) is 11.6. The third kappa shape index (κ3) is 2.25. The minimum Gasteiger partial charge on any atom is -0.480 e. The number of benzene rings is 1. The molecule has 1 aromatic carbocycles. The molecule has 0 aromatic heterocycles. The van der Waals surface area contributed by atoms with E-state index in [1.807, 2.05) is 0 Å². The van der Waals surface area contributed by atoms with Crippen LogP contribution < -0.4 is 16.6 Å². The maximum atomic E-state index is 13.0. The molecule has 0 radical (unpaired) electrons. The second-order valence-electron chi connectivity index (χ2n) is 3.83. The quantitative estimate of drug-likeness (QED) is 0.618. The summed E-state index contributed by atoms with van der Waals surface area (Å²) >= 11 is 5.66. The molecule has 1 aliphatic rings. The van der Waals surface area contributed by atoms with Crippen molar-refractivity contribution in [3.8, 4) is 0 Å². The lowest BCUT2D eigenvalue weighted by Gasteiger charge is -2.18. The number of hydrogen-bond donors (Lipinski definition) is 4. The van der Waals surface area contributed by atoms with Gasteiger partial charge in [-0.15, -0.1) is 0 Å². The summed E-state index contributed by atoms with van der Waals surface area (Å²) in [6.45, 7) is 0. The normalized spacial score (nSPS) is 28.3. The Labute approximate surface area is 102 Å². The number of nitrogens with one attached hydrogen (secondary N) is 2. The molecular formula is C10H11ClFN3O2. The molecule has 0 bridgehead atoms. The van der Waals surface area contributed by atoms with Gasteiger partial charge in [-0.25, -0.2) is 15.2 Å². The second kappa shape index (κ2) is 4.58. The molecule has 5 N–H and O–H groups in total. The van der Waals surface area contributed by atoms with Gasteiger partial charge in [0.05, 0.1) is 11.2 Å². The predicted octanol–water partition coefficient (Wildman–Crippen LogP) is 0.409. The zero-order chi connectivity index (χ0) is 12.6. The Morgan fingerprint density at radius 1 is 1.47 bits per heavy atom. The number of halogens is 2. The fourth-order valence-corrected chi connectivity index (χ4v) is 2.10. The SMILES string of the molecule is NC1NNC(C(=O)O)C1c1ccc(F)c(Cl)c1. The second-order valence-corrected chi connectivity index (χ2v) is 4.24. The number of carbonyl (C=O) groups is 1. The van der Waals surface area contributed by atoms with Crippen molar-refractivity contribution < 1.29 is 14.3 Å². The van der Waals surface area contributed by atoms with Crippen molar-refractivity contribution in [2.75, 3.05) is 0 Å². The van der Waals surface area contributed by atoms with Crippen LogP contribution in [0.2, 0.25) is 5.02 Å². The van der Waals surface area contributed by atoms with Crippen molar-refractivity contribution in [2.45, 2.75) is 18.1 Å². The smallest absolute Gasteiger partial charge is 0.322 e. The van der Waals surface area contributed by atoms with E-state index in [1.54, 1.807) is 0 Å². The molecule has 1 aliphatic heterocycles. The van der Waals surface area contributed by atoms with E-state index >= 15 is 0 Å². The van der Waals surface area contributed by atoms with E-state index in [2.05, 4.69) is 10.9 Å². The van der Waals surface area contributed by atoms with Gasteiger partial charge in [0.25, 0.3) is 0 Å². The van der Waals surface area contributed by atoms with Gasteiger partial charge < -0.3 is 10.8 Å². The minimum atomic E-state index is -1.03. The molecule has 1 fully saturated rings. The Balaban J connectivity index is 2.36. The summed E-state index contributed by atoms with van der Waals surface area (Å²) in [5.74, 6) is -2.09. The lowest BCUT2D eigenvalue weighted by atomic mass is 9.91. The Morgan fingerprint density at radius 2 is 2.18 bits per heavy atom. The number of rotatable bonds is 2. The van der Waals surface area contributed by atoms with E-state index in [9.17, 15) is 9.18 Å². The van der Waals surface area contributed by atoms with E-state index in [-0.39, 0.29) is 5.02 Å². The van der Waals surface area contributed by atoms with Crippen molar-refractivity contribution in [1.29, 1.82) is 0 Å². The lowest BCUT2D eigenvalue weighted by molar-refractivity contribution is -0.139. The Hall–Kier alpha value is -1.21. The van der Waals surface area contributed by atoms with Gasteiger partial charge in [-0.05, 0) is 17.7 Å². The van der Waals surface area contributed by atoms with Crippen LogP contribution in [-0.2, 0) is 4.79 Å². The van der Waals surface area contributed by atoms with Crippen molar-refractivity contribution in [1.82, 2.24) is 10.9 Å². The van der Waals surface area contributed by atoms with Crippen LogP contribution in [-0.4, -0.2) is 23.3 Å². The predicted molar refractivity (Wildman–Crippen MR) is 59.8 cm³/mol. The van der Waals surface area contributed by atoms with Crippen LogP contribution in [0, 0.1) is 5.82 Å². The molecular weight excluding hydrogens is 249 g/mol. The number of nitrogens with two attached hydrogens (primary N) is 1.